The van der Waals surface area contributed by atoms with E-state index in [0.29, 0.717) is 17.0 Å². The number of ketones is 1. The first-order valence-electron chi connectivity index (χ1n) is 11.2. The molecule has 186 valence electrons. The highest BCUT2D eigenvalue weighted by Crippen LogP contribution is 2.45. The number of ether oxygens (including phenoxy) is 2. The Bertz CT molecular complexity index is 1360. The second-order valence-electron chi connectivity index (χ2n) is 8.62. The SMILES string of the molecule is COc1cc(OC)c(/C(O)=C2\C(=O)C(=O)N(c3ccc(N(C)C)cc3)C2c2ccccc2C)cc1Cl. The summed E-state index contributed by atoms with van der Waals surface area (Å²) in [4.78, 5) is 30.3. The van der Waals surface area contributed by atoms with Crippen LogP contribution in [0.3, 0.4) is 0 Å². The van der Waals surface area contributed by atoms with E-state index in [-0.39, 0.29) is 27.7 Å². The van der Waals surface area contributed by atoms with Gasteiger partial charge in [-0.3, -0.25) is 14.5 Å². The highest BCUT2D eigenvalue weighted by molar-refractivity contribution is 6.51. The standard InChI is InChI=1S/C28H27ClN2O5/c1-16-8-6-7-9-19(16)25-24(26(32)20-14-21(29)23(36-5)15-22(20)35-4)27(33)28(34)31(25)18-12-10-17(11-13-18)30(2)3/h6-15,25,32H,1-5H3/b26-24+. The van der Waals surface area contributed by atoms with Crippen molar-refractivity contribution in [3.05, 3.63) is 87.9 Å². The monoisotopic (exact) mass is 506 g/mol. The van der Waals surface area contributed by atoms with Gasteiger partial charge in [0.25, 0.3) is 11.7 Å². The van der Waals surface area contributed by atoms with Crippen LogP contribution >= 0.6 is 11.6 Å². The number of Topliss-reactive ketones (excluding diaryl/α,β-unsaturated/α-hetero) is 1. The molecule has 0 aliphatic carbocycles. The average Bonchev–Trinajstić information content (AvgIpc) is 3.13. The fourth-order valence-corrected chi connectivity index (χ4v) is 4.63. The number of benzene rings is 3. The molecule has 36 heavy (non-hydrogen) atoms. The minimum absolute atomic E-state index is 0.0504. The molecule has 1 aliphatic rings. The topological polar surface area (TPSA) is 79.3 Å². The minimum Gasteiger partial charge on any atom is -0.507 e. The second-order valence-corrected chi connectivity index (χ2v) is 9.03. The first-order valence-corrected chi connectivity index (χ1v) is 11.6. The fourth-order valence-electron chi connectivity index (χ4n) is 4.39. The molecule has 1 heterocycles. The van der Waals surface area contributed by atoms with Crippen LogP contribution in [0.5, 0.6) is 11.5 Å². The van der Waals surface area contributed by atoms with E-state index in [1.54, 1.807) is 12.1 Å². The van der Waals surface area contributed by atoms with Gasteiger partial charge in [0.05, 0.1) is 36.4 Å². The fraction of sp³-hybridized carbons (Fsp3) is 0.214. The van der Waals surface area contributed by atoms with Crippen LogP contribution in [0.4, 0.5) is 11.4 Å². The van der Waals surface area contributed by atoms with Crippen molar-refractivity contribution >= 4 is 40.4 Å². The summed E-state index contributed by atoms with van der Waals surface area (Å²) >= 11 is 6.34. The van der Waals surface area contributed by atoms with Gasteiger partial charge in [0.15, 0.2) is 0 Å². The van der Waals surface area contributed by atoms with Crippen molar-refractivity contribution in [1.82, 2.24) is 0 Å². The van der Waals surface area contributed by atoms with Crippen LogP contribution in [0, 0.1) is 6.92 Å². The third-order valence-electron chi connectivity index (χ3n) is 6.30. The zero-order valence-corrected chi connectivity index (χ0v) is 21.5. The Balaban J connectivity index is 1.98. The zero-order chi connectivity index (χ0) is 26.1. The molecule has 1 amide bonds. The number of aryl methyl sites for hydroxylation is 1. The molecular weight excluding hydrogens is 480 g/mol. The van der Waals surface area contributed by atoms with Crippen molar-refractivity contribution < 1.29 is 24.2 Å². The molecule has 0 radical (unpaired) electrons. The molecular formula is C28H27ClN2O5. The molecule has 8 heteroatoms. The highest BCUT2D eigenvalue weighted by atomic mass is 35.5. The lowest BCUT2D eigenvalue weighted by Crippen LogP contribution is -2.29. The van der Waals surface area contributed by atoms with Gasteiger partial charge in [-0.05, 0) is 48.4 Å². The quantitative estimate of drug-likeness (QED) is 0.275. The number of carbonyl (C=O) groups is 2. The third kappa shape index (κ3) is 4.27. The normalized spacial score (nSPS) is 16.8. The third-order valence-corrected chi connectivity index (χ3v) is 6.60. The molecule has 0 bridgehead atoms. The predicted molar refractivity (Wildman–Crippen MR) is 141 cm³/mol. The predicted octanol–water partition coefficient (Wildman–Crippen LogP) is 5.36. The highest BCUT2D eigenvalue weighted by Gasteiger charge is 2.47. The van der Waals surface area contributed by atoms with Gasteiger partial charge in [-0.15, -0.1) is 0 Å². The molecule has 1 fully saturated rings. The maximum atomic E-state index is 13.5. The van der Waals surface area contributed by atoms with Crippen molar-refractivity contribution in [3.63, 3.8) is 0 Å². The van der Waals surface area contributed by atoms with E-state index < -0.39 is 17.7 Å². The van der Waals surface area contributed by atoms with Crippen LogP contribution in [0.2, 0.25) is 5.02 Å². The van der Waals surface area contributed by atoms with E-state index in [0.717, 1.165) is 11.3 Å². The molecule has 1 aliphatic heterocycles. The number of hydrogen-bond donors (Lipinski definition) is 1. The Hall–Kier alpha value is -3.97. The van der Waals surface area contributed by atoms with E-state index in [1.165, 1.54) is 31.3 Å². The molecule has 4 rings (SSSR count). The molecule has 1 unspecified atom stereocenters. The molecule has 0 aromatic heterocycles. The molecule has 1 atom stereocenters. The van der Waals surface area contributed by atoms with Crippen molar-refractivity contribution in [1.29, 1.82) is 0 Å². The van der Waals surface area contributed by atoms with Crippen LogP contribution in [-0.2, 0) is 9.59 Å². The number of amides is 1. The summed E-state index contributed by atoms with van der Waals surface area (Å²) in [7, 11) is 6.73. The molecule has 3 aromatic rings. The number of hydrogen-bond acceptors (Lipinski definition) is 6. The first-order chi connectivity index (χ1) is 17.2. The summed E-state index contributed by atoms with van der Waals surface area (Å²) in [6, 6.07) is 16.9. The lowest BCUT2D eigenvalue weighted by molar-refractivity contribution is -0.132. The number of halogens is 1. The van der Waals surface area contributed by atoms with Gasteiger partial charge in [0.1, 0.15) is 17.3 Å². The Morgan fingerprint density at radius 2 is 1.61 bits per heavy atom. The first kappa shape index (κ1) is 25.1. The van der Waals surface area contributed by atoms with Gasteiger partial charge in [0.2, 0.25) is 0 Å². The van der Waals surface area contributed by atoms with E-state index in [4.69, 9.17) is 21.1 Å². The Kier molecular flexibility index (Phi) is 6.95. The largest absolute Gasteiger partial charge is 0.507 e. The van der Waals surface area contributed by atoms with Crippen molar-refractivity contribution in [2.45, 2.75) is 13.0 Å². The lowest BCUT2D eigenvalue weighted by Gasteiger charge is -2.27. The summed E-state index contributed by atoms with van der Waals surface area (Å²) in [5.74, 6) is -1.32. The van der Waals surface area contributed by atoms with Crippen LogP contribution in [0.15, 0.2) is 66.2 Å². The van der Waals surface area contributed by atoms with Gasteiger partial charge in [-0.25, -0.2) is 0 Å². The van der Waals surface area contributed by atoms with Gasteiger partial charge in [-0.1, -0.05) is 35.9 Å². The Morgan fingerprint density at radius 3 is 2.19 bits per heavy atom. The molecule has 0 saturated carbocycles. The van der Waals surface area contributed by atoms with Gasteiger partial charge < -0.3 is 19.5 Å². The molecule has 7 nitrogen and oxygen atoms in total. The van der Waals surface area contributed by atoms with E-state index >= 15 is 0 Å². The average molecular weight is 507 g/mol. The molecule has 1 N–H and O–H groups in total. The Labute approximate surface area is 215 Å². The minimum atomic E-state index is -0.859. The maximum Gasteiger partial charge on any atom is 0.300 e. The van der Waals surface area contributed by atoms with Crippen LogP contribution in [0.25, 0.3) is 5.76 Å². The lowest BCUT2D eigenvalue weighted by atomic mass is 9.92. The zero-order valence-electron chi connectivity index (χ0n) is 20.7. The van der Waals surface area contributed by atoms with E-state index in [2.05, 4.69) is 0 Å². The number of aliphatic hydroxyl groups excluding tert-OH is 1. The molecule has 0 spiro atoms. The molecule has 1 saturated heterocycles. The summed E-state index contributed by atoms with van der Waals surface area (Å²) in [5.41, 5.74) is 3.20. The van der Waals surface area contributed by atoms with Crippen LogP contribution in [-0.4, -0.2) is 45.1 Å². The summed E-state index contributed by atoms with van der Waals surface area (Å²) < 4.78 is 10.7. The van der Waals surface area contributed by atoms with Crippen LogP contribution in [0.1, 0.15) is 22.7 Å². The van der Waals surface area contributed by atoms with Crippen molar-refractivity contribution in [3.8, 4) is 11.5 Å². The number of rotatable bonds is 6. The van der Waals surface area contributed by atoms with Gasteiger partial charge >= 0.3 is 0 Å². The van der Waals surface area contributed by atoms with Gasteiger partial charge in [-0.2, -0.15) is 0 Å². The van der Waals surface area contributed by atoms with E-state index in [1.807, 2.05) is 62.3 Å². The van der Waals surface area contributed by atoms with Crippen molar-refractivity contribution in [2.24, 2.45) is 0 Å². The van der Waals surface area contributed by atoms with E-state index in [9.17, 15) is 14.7 Å². The Morgan fingerprint density at radius 1 is 0.972 bits per heavy atom. The second kappa shape index (κ2) is 9.95. The summed E-state index contributed by atoms with van der Waals surface area (Å²) in [6.45, 7) is 1.90. The summed E-state index contributed by atoms with van der Waals surface area (Å²) in [6.07, 6.45) is 0. The number of anilines is 2. The van der Waals surface area contributed by atoms with Crippen LogP contribution < -0.4 is 19.3 Å². The van der Waals surface area contributed by atoms with Crippen molar-refractivity contribution in [2.75, 3.05) is 38.1 Å². The summed E-state index contributed by atoms with van der Waals surface area (Å²) in [5, 5.41) is 11.7. The molecule has 3 aromatic carbocycles. The van der Waals surface area contributed by atoms with Gasteiger partial charge in [0, 0.05) is 31.5 Å². The smallest absolute Gasteiger partial charge is 0.300 e. The maximum absolute atomic E-state index is 13.5. The number of carbonyl (C=O) groups excluding carboxylic acids is 2. The number of methoxy groups -OCH3 is 2. The number of nitrogens with zero attached hydrogens (tertiary/aromatic N) is 2. The number of aliphatic hydroxyl groups is 1.